The third-order valence-corrected chi connectivity index (χ3v) is 5.30. The second kappa shape index (κ2) is 7.64. The summed E-state index contributed by atoms with van der Waals surface area (Å²) >= 11 is 0. The molecule has 3 aromatic carbocycles. The van der Waals surface area contributed by atoms with E-state index in [0.29, 0.717) is 12.3 Å². The van der Waals surface area contributed by atoms with Crippen molar-refractivity contribution in [1.82, 2.24) is 0 Å². The minimum Gasteiger partial charge on any atom is -0.496 e. The second-order valence-electron chi connectivity index (χ2n) is 6.83. The molecule has 0 spiro atoms. The van der Waals surface area contributed by atoms with E-state index in [-0.39, 0.29) is 0 Å². The highest BCUT2D eigenvalue weighted by Gasteiger charge is 2.21. The molecule has 1 N–H and O–H groups in total. The fourth-order valence-electron chi connectivity index (χ4n) is 3.50. The van der Waals surface area contributed by atoms with Crippen molar-refractivity contribution in [2.24, 2.45) is 0 Å². The topological polar surface area (TPSA) is 64.6 Å². The van der Waals surface area contributed by atoms with Crippen LogP contribution >= 0.6 is 0 Å². The number of methoxy groups -OCH3 is 1. The van der Waals surface area contributed by atoms with Gasteiger partial charge in [-0.1, -0.05) is 42.5 Å². The van der Waals surface area contributed by atoms with Gasteiger partial charge in [-0.3, -0.25) is 4.72 Å². The summed E-state index contributed by atoms with van der Waals surface area (Å²) in [6.45, 7) is 0.406. The van der Waals surface area contributed by atoms with Crippen LogP contribution in [0.3, 0.4) is 0 Å². The van der Waals surface area contributed by atoms with Crippen LogP contribution in [0, 0.1) is 0 Å². The maximum Gasteiger partial charge on any atom is 0.229 e. The molecule has 4 rings (SSSR count). The lowest BCUT2D eigenvalue weighted by Gasteiger charge is -2.13. The first-order valence-corrected chi connectivity index (χ1v) is 11.0. The fourth-order valence-corrected chi connectivity index (χ4v) is 4.05. The summed E-state index contributed by atoms with van der Waals surface area (Å²) in [4.78, 5) is 0. The normalized spacial score (nSPS) is 14.3. The highest BCUT2D eigenvalue weighted by atomic mass is 32.2. The zero-order valence-electron chi connectivity index (χ0n) is 16.2. The van der Waals surface area contributed by atoms with Crippen molar-refractivity contribution in [2.45, 2.75) is 6.61 Å². The van der Waals surface area contributed by atoms with E-state index in [0.717, 1.165) is 45.6 Å². The summed E-state index contributed by atoms with van der Waals surface area (Å²) in [5.74, 6) is 1.57. The molecule has 0 saturated carbocycles. The van der Waals surface area contributed by atoms with E-state index < -0.39 is 10.0 Å². The molecule has 0 bridgehead atoms. The molecule has 1 aliphatic rings. The van der Waals surface area contributed by atoms with Crippen molar-refractivity contribution < 1.29 is 17.9 Å². The SMILES string of the molecule is COc1cccc2c1COc1ccccc1/C2=C/c1cccc(NS(C)(=O)=O)c1. The van der Waals surface area contributed by atoms with Crippen LogP contribution in [0.4, 0.5) is 5.69 Å². The number of rotatable bonds is 4. The number of ether oxygens (including phenoxy) is 2. The van der Waals surface area contributed by atoms with Crippen LogP contribution in [-0.4, -0.2) is 21.8 Å². The van der Waals surface area contributed by atoms with Gasteiger partial charge in [0, 0.05) is 16.8 Å². The first-order chi connectivity index (χ1) is 13.9. The number of sulfonamides is 1. The van der Waals surface area contributed by atoms with Gasteiger partial charge in [0.05, 0.1) is 13.4 Å². The highest BCUT2D eigenvalue weighted by molar-refractivity contribution is 7.92. The molecule has 1 aliphatic heterocycles. The van der Waals surface area contributed by atoms with E-state index in [1.54, 1.807) is 13.2 Å². The quantitative estimate of drug-likeness (QED) is 0.689. The lowest BCUT2D eigenvalue weighted by atomic mass is 9.92. The molecule has 148 valence electrons. The van der Waals surface area contributed by atoms with Crippen LogP contribution in [0.1, 0.15) is 22.3 Å². The smallest absolute Gasteiger partial charge is 0.229 e. The zero-order valence-corrected chi connectivity index (χ0v) is 17.0. The molecule has 0 saturated heterocycles. The van der Waals surface area contributed by atoms with Crippen molar-refractivity contribution in [3.05, 3.63) is 89.0 Å². The molecule has 3 aromatic rings. The predicted molar refractivity (Wildman–Crippen MR) is 116 cm³/mol. The van der Waals surface area contributed by atoms with Crippen LogP contribution in [0.15, 0.2) is 66.7 Å². The van der Waals surface area contributed by atoms with Crippen molar-refractivity contribution in [3.8, 4) is 11.5 Å². The molecule has 0 fully saturated rings. The van der Waals surface area contributed by atoms with E-state index in [4.69, 9.17) is 9.47 Å². The van der Waals surface area contributed by atoms with Crippen LogP contribution in [0.2, 0.25) is 0 Å². The number of hydrogen-bond donors (Lipinski definition) is 1. The minimum atomic E-state index is -3.35. The van der Waals surface area contributed by atoms with E-state index in [1.807, 2.05) is 66.7 Å². The molecule has 5 nitrogen and oxygen atoms in total. The summed E-state index contributed by atoms with van der Waals surface area (Å²) in [6, 6.07) is 21.1. The Morgan fingerprint density at radius 3 is 2.55 bits per heavy atom. The summed E-state index contributed by atoms with van der Waals surface area (Å²) < 4.78 is 37.3. The van der Waals surface area contributed by atoms with Gasteiger partial charge >= 0.3 is 0 Å². The molecule has 0 unspecified atom stereocenters. The van der Waals surface area contributed by atoms with E-state index in [9.17, 15) is 8.42 Å². The fraction of sp³-hybridized carbons (Fsp3) is 0.130. The van der Waals surface area contributed by atoms with Crippen LogP contribution in [-0.2, 0) is 16.6 Å². The number of anilines is 1. The van der Waals surface area contributed by atoms with Gasteiger partial charge in [0.2, 0.25) is 10.0 Å². The van der Waals surface area contributed by atoms with E-state index in [2.05, 4.69) is 4.72 Å². The van der Waals surface area contributed by atoms with E-state index in [1.165, 1.54) is 0 Å². The van der Waals surface area contributed by atoms with Gasteiger partial charge < -0.3 is 9.47 Å². The lowest BCUT2D eigenvalue weighted by Crippen LogP contribution is -2.09. The first-order valence-electron chi connectivity index (χ1n) is 9.12. The van der Waals surface area contributed by atoms with Crippen LogP contribution in [0.5, 0.6) is 11.5 Å². The Labute approximate surface area is 170 Å². The van der Waals surface area contributed by atoms with E-state index >= 15 is 0 Å². The monoisotopic (exact) mass is 407 g/mol. The third-order valence-electron chi connectivity index (χ3n) is 4.69. The Kier molecular flexibility index (Phi) is 5.03. The number of hydrogen-bond acceptors (Lipinski definition) is 4. The third kappa shape index (κ3) is 4.12. The lowest BCUT2D eigenvalue weighted by molar-refractivity contribution is 0.298. The second-order valence-corrected chi connectivity index (χ2v) is 8.58. The van der Waals surface area contributed by atoms with Crippen LogP contribution < -0.4 is 14.2 Å². The zero-order chi connectivity index (χ0) is 20.4. The molecular formula is C23H21NO4S. The summed E-state index contributed by atoms with van der Waals surface area (Å²) in [5, 5.41) is 0. The number of fused-ring (bicyclic) bond motifs is 2. The predicted octanol–water partition coefficient (Wildman–Crippen LogP) is 4.55. The molecule has 29 heavy (non-hydrogen) atoms. The van der Waals surface area contributed by atoms with Gasteiger partial charge in [0.15, 0.2) is 0 Å². The van der Waals surface area contributed by atoms with Gasteiger partial charge in [0.1, 0.15) is 18.1 Å². The maximum atomic E-state index is 11.6. The number of benzene rings is 3. The maximum absolute atomic E-state index is 11.6. The Morgan fingerprint density at radius 1 is 1.00 bits per heavy atom. The Hall–Kier alpha value is -3.25. The van der Waals surface area contributed by atoms with Gasteiger partial charge in [-0.25, -0.2) is 8.42 Å². The molecule has 1 heterocycles. The molecule has 6 heteroatoms. The van der Waals surface area contributed by atoms with Gasteiger partial charge in [-0.05, 0) is 47.0 Å². The highest BCUT2D eigenvalue weighted by Crippen LogP contribution is 2.40. The summed E-state index contributed by atoms with van der Waals surface area (Å²) in [5.41, 5.74) is 5.35. The average Bonchev–Trinajstić information content (AvgIpc) is 2.84. The molecular weight excluding hydrogens is 386 g/mol. The van der Waals surface area contributed by atoms with Crippen molar-refractivity contribution in [1.29, 1.82) is 0 Å². The van der Waals surface area contributed by atoms with Crippen molar-refractivity contribution >= 4 is 27.4 Å². The number of para-hydroxylation sites is 1. The first kappa shape index (κ1) is 19.1. The molecule has 0 aliphatic carbocycles. The molecule has 0 atom stereocenters. The summed E-state index contributed by atoms with van der Waals surface area (Å²) in [7, 11) is -1.70. The Bertz CT molecular complexity index is 1200. The molecule has 0 radical (unpaired) electrons. The van der Waals surface area contributed by atoms with Gasteiger partial charge in [-0.15, -0.1) is 0 Å². The Balaban J connectivity index is 1.90. The largest absolute Gasteiger partial charge is 0.496 e. The standard InChI is InChI=1S/C23H21NO4S/c1-27-22-12-6-10-18-20(19-9-3-4-11-23(19)28-15-21(18)22)14-16-7-5-8-17(13-16)24-29(2,25)26/h3-14,24H,15H2,1-2H3/b20-14+. The van der Waals surface area contributed by atoms with Crippen LogP contribution in [0.25, 0.3) is 11.6 Å². The van der Waals surface area contributed by atoms with Gasteiger partial charge in [-0.2, -0.15) is 0 Å². The Morgan fingerprint density at radius 2 is 1.76 bits per heavy atom. The molecule has 0 aromatic heterocycles. The van der Waals surface area contributed by atoms with Crippen molar-refractivity contribution in [3.63, 3.8) is 0 Å². The van der Waals surface area contributed by atoms with Gasteiger partial charge in [0.25, 0.3) is 0 Å². The number of nitrogens with one attached hydrogen (secondary N) is 1. The van der Waals surface area contributed by atoms with Crippen molar-refractivity contribution in [2.75, 3.05) is 18.1 Å². The summed E-state index contributed by atoms with van der Waals surface area (Å²) in [6.07, 6.45) is 3.18. The molecule has 0 amide bonds. The minimum absolute atomic E-state index is 0.406. The average molecular weight is 407 g/mol.